The normalized spacial score (nSPS) is 30.7. The van der Waals surface area contributed by atoms with E-state index >= 15 is 0 Å². The Kier molecular flexibility index (Phi) is 3.85. The van der Waals surface area contributed by atoms with Crippen LogP contribution in [-0.2, 0) is 6.54 Å². The second-order valence-electron chi connectivity index (χ2n) is 5.41. The van der Waals surface area contributed by atoms with E-state index in [2.05, 4.69) is 42.9 Å². The Balaban J connectivity index is 2.06. The first kappa shape index (κ1) is 13.0. The summed E-state index contributed by atoms with van der Waals surface area (Å²) in [5.74, 6) is 0. The van der Waals surface area contributed by atoms with Crippen LogP contribution in [0.4, 0.5) is 0 Å². The van der Waals surface area contributed by atoms with Gasteiger partial charge < -0.3 is 5.32 Å². The summed E-state index contributed by atoms with van der Waals surface area (Å²) in [6.45, 7) is 12.3. The van der Waals surface area contributed by atoms with Crippen molar-refractivity contribution in [3.8, 4) is 0 Å². The van der Waals surface area contributed by atoms with Gasteiger partial charge in [-0.05, 0) is 27.2 Å². The predicted octanol–water partition coefficient (Wildman–Crippen LogP) is 2.41. The molecule has 1 aliphatic heterocycles. The molecule has 0 radical (unpaired) electrons. The molecule has 2 atom stereocenters. The van der Waals surface area contributed by atoms with Gasteiger partial charge in [0.2, 0.25) is 0 Å². The molecule has 0 spiro atoms. The van der Waals surface area contributed by atoms with Gasteiger partial charge in [-0.3, -0.25) is 4.90 Å². The fourth-order valence-electron chi connectivity index (χ4n) is 2.29. The first-order chi connectivity index (χ1) is 8.04. The van der Waals surface area contributed by atoms with Crippen molar-refractivity contribution >= 4 is 11.3 Å². The first-order valence-electron chi connectivity index (χ1n) is 6.42. The lowest BCUT2D eigenvalue weighted by Gasteiger charge is -2.44. The van der Waals surface area contributed by atoms with Crippen molar-refractivity contribution in [2.45, 2.75) is 52.2 Å². The summed E-state index contributed by atoms with van der Waals surface area (Å²) >= 11 is 1.78. The Bertz CT molecular complexity index is 376. The SMILES string of the molecule is CCC1(C)CN(Cc2scnc2C)C(C)CN1. The zero-order valence-electron chi connectivity index (χ0n) is 11.3. The summed E-state index contributed by atoms with van der Waals surface area (Å²) in [6, 6.07) is 0.608. The number of aryl methyl sites for hydroxylation is 1. The standard InChI is InChI=1S/C13H23N3S/c1-5-13(4)8-16(10(2)6-15-13)7-12-11(3)14-9-17-12/h9-10,15H,5-8H2,1-4H3. The molecule has 2 rings (SSSR count). The predicted molar refractivity (Wildman–Crippen MR) is 73.4 cm³/mol. The van der Waals surface area contributed by atoms with Crippen molar-refractivity contribution in [1.82, 2.24) is 15.2 Å². The summed E-state index contributed by atoms with van der Waals surface area (Å²) in [5.41, 5.74) is 3.42. The third kappa shape index (κ3) is 2.87. The zero-order chi connectivity index (χ0) is 12.5. The molecule has 0 saturated carbocycles. The van der Waals surface area contributed by atoms with Gasteiger partial charge in [-0.25, -0.2) is 4.98 Å². The van der Waals surface area contributed by atoms with E-state index in [0.717, 1.165) is 19.6 Å². The second kappa shape index (κ2) is 5.04. The van der Waals surface area contributed by atoms with Crippen LogP contribution in [0.3, 0.4) is 0 Å². The number of hydrogen-bond donors (Lipinski definition) is 1. The quantitative estimate of drug-likeness (QED) is 0.896. The monoisotopic (exact) mass is 253 g/mol. The molecule has 1 aliphatic rings. The lowest BCUT2D eigenvalue weighted by atomic mass is 9.94. The van der Waals surface area contributed by atoms with E-state index in [1.165, 1.54) is 17.0 Å². The molecule has 1 fully saturated rings. The van der Waals surface area contributed by atoms with Crippen LogP contribution in [0.25, 0.3) is 0 Å². The maximum absolute atomic E-state index is 4.34. The van der Waals surface area contributed by atoms with Crippen LogP contribution < -0.4 is 5.32 Å². The van der Waals surface area contributed by atoms with E-state index in [0.29, 0.717) is 6.04 Å². The van der Waals surface area contributed by atoms with Gasteiger partial charge in [-0.15, -0.1) is 11.3 Å². The molecule has 1 aromatic rings. The van der Waals surface area contributed by atoms with Crippen molar-refractivity contribution in [2.24, 2.45) is 0 Å². The van der Waals surface area contributed by atoms with Crippen LogP contribution in [0.15, 0.2) is 5.51 Å². The van der Waals surface area contributed by atoms with E-state index in [1.54, 1.807) is 11.3 Å². The average Bonchev–Trinajstić information content (AvgIpc) is 2.70. The van der Waals surface area contributed by atoms with Gasteiger partial charge in [0.05, 0.1) is 11.2 Å². The third-order valence-electron chi connectivity index (χ3n) is 3.97. The highest BCUT2D eigenvalue weighted by Crippen LogP contribution is 2.23. The van der Waals surface area contributed by atoms with Gasteiger partial charge in [-0.2, -0.15) is 0 Å². The minimum Gasteiger partial charge on any atom is -0.309 e. The Morgan fingerprint density at radius 2 is 2.41 bits per heavy atom. The summed E-state index contributed by atoms with van der Waals surface area (Å²) in [6.07, 6.45) is 1.18. The van der Waals surface area contributed by atoms with Crippen molar-refractivity contribution in [3.63, 3.8) is 0 Å². The van der Waals surface area contributed by atoms with Crippen molar-refractivity contribution in [1.29, 1.82) is 0 Å². The number of hydrogen-bond acceptors (Lipinski definition) is 4. The van der Waals surface area contributed by atoms with E-state index in [9.17, 15) is 0 Å². The summed E-state index contributed by atoms with van der Waals surface area (Å²) in [4.78, 5) is 8.34. The lowest BCUT2D eigenvalue weighted by molar-refractivity contribution is 0.0873. The van der Waals surface area contributed by atoms with E-state index < -0.39 is 0 Å². The third-order valence-corrected chi connectivity index (χ3v) is 4.89. The number of piperazine rings is 1. The van der Waals surface area contributed by atoms with Crippen LogP contribution in [-0.4, -0.2) is 34.6 Å². The Morgan fingerprint density at radius 3 is 3.00 bits per heavy atom. The highest BCUT2D eigenvalue weighted by molar-refractivity contribution is 7.09. The van der Waals surface area contributed by atoms with Crippen molar-refractivity contribution < 1.29 is 0 Å². The summed E-state index contributed by atoms with van der Waals surface area (Å²) in [7, 11) is 0. The minimum atomic E-state index is 0.269. The van der Waals surface area contributed by atoms with Gasteiger partial charge in [-0.1, -0.05) is 6.92 Å². The smallest absolute Gasteiger partial charge is 0.0798 e. The average molecular weight is 253 g/mol. The van der Waals surface area contributed by atoms with Gasteiger partial charge >= 0.3 is 0 Å². The molecule has 96 valence electrons. The van der Waals surface area contributed by atoms with Crippen LogP contribution in [0.5, 0.6) is 0 Å². The molecule has 1 N–H and O–H groups in total. The molecule has 4 heteroatoms. The Hall–Kier alpha value is -0.450. The fraction of sp³-hybridized carbons (Fsp3) is 0.769. The number of thiazole rings is 1. The van der Waals surface area contributed by atoms with Crippen LogP contribution >= 0.6 is 11.3 Å². The van der Waals surface area contributed by atoms with Gasteiger partial charge in [0.25, 0.3) is 0 Å². The van der Waals surface area contributed by atoms with Crippen molar-refractivity contribution in [2.75, 3.05) is 13.1 Å². The molecule has 0 aliphatic carbocycles. The number of aromatic nitrogens is 1. The molecule has 0 aromatic carbocycles. The number of rotatable bonds is 3. The van der Waals surface area contributed by atoms with Crippen LogP contribution in [0, 0.1) is 6.92 Å². The van der Waals surface area contributed by atoms with Gasteiger partial charge in [0.15, 0.2) is 0 Å². The first-order valence-corrected chi connectivity index (χ1v) is 7.30. The number of nitrogens with one attached hydrogen (secondary N) is 1. The Morgan fingerprint density at radius 1 is 1.65 bits per heavy atom. The molecule has 0 amide bonds. The summed E-state index contributed by atoms with van der Waals surface area (Å²) < 4.78 is 0. The highest BCUT2D eigenvalue weighted by atomic mass is 32.1. The van der Waals surface area contributed by atoms with Crippen LogP contribution in [0.2, 0.25) is 0 Å². The number of nitrogens with zero attached hydrogens (tertiary/aromatic N) is 2. The Labute approximate surface area is 108 Å². The van der Waals surface area contributed by atoms with Gasteiger partial charge in [0, 0.05) is 36.1 Å². The molecule has 3 nitrogen and oxygen atoms in total. The molecule has 2 unspecified atom stereocenters. The van der Waals surface area contributed by atoms with E-state index in [4.69, 9.17) is 0 Å². The topological polar surface area (TPSA) is 28.2 Å². The molecule has 1 saturated heterocycles. The zero-order valence-corrected chi connectivity index (χ0v) is 12.1. The molecular weight excluding hydrogens is 230 g/mol. The molecule has 2 heterocycles. The summed E-state index contributed by atoms with van der Waals surface area (Å²) in [5, 5.41) is 3.67. The largest absolute Gasteiger partial charge is 0.309 e. The maximum atomic E-state index is 4.34. The van der Waals surface area contributed by atoms with E-state index in [1.807, 2.05) is 5.51 Å². The maximum Gasteiger partial charge on any atom is 0.0798 e. The molecule has 17 heavy (non-hydrogen) atoms. The highest BCUT2D eigenvalue weighted by Gasteiger charge is 2.32. The van der Waals surface area contributed by atoms with E-state index in [-0.39, 0.29) is 5.54 Å². The van der Waals surface area contributed by atoms with Crippen molar-refractivity contribution in [3.05, 3.63) is 16.1 Å². The lowest BCUT2D eigenvalue weighted by Crippen LogP contribution is -2.61. The van der Waals surface area contributed by atoms with Crippen LogP contribution in [0.1, 0.15) is 37.8 Å². The molecule has 1 aromatic heterocycles. The molecule has 0 bridgehead atoms. The van der Waals surface area contributed by atoms with Gasteiger partial charge in [0.1, 0.15) is 0 Å². The minimum absolute atomic E-state index is 0.269. The molecular formula is C13H23N3S. The second-order valence-corrected chi connectivity index (χ2v) is 6.35. The fourth-order valence-corrected chi connectivity index (χ4v) is 3.10.